The van der Waals surface area contributed by atoms with Crippen LogP contribution in [-0.2, 0) is 18.3 Å². The number of benzene rings is 7. The van der Waals surface area contributed by atoms with Crippen LogP contribution in [0.15, 0.2) is 103 Å². The van der Waals surface area contributed by atoms with Gasteiger partial charge in [0.1, 0.15) is 0 Å². The highest BCUT2D eigenvalue weighted by Gasteiger charge is 2.52. The quantitative estimate of drug-likeness (QED) is 0.0498. The summed E-state index contributed by atoms with van der Waals surface area (Å²) in [6, 6.07) is 39.8. The van der Waals surface area contributed by atoms with E-state index in [2.05, 4.69) is 179 Å². The Hall–Kier alpha value is -5.34. The number of hydrogen-bond donors (Lipinski definition) is 0. The minimum Gasteiger partial charge on any atom is -0.489 e. The maximum absolute atomic E-state index is 6.60. The average molecular weight is 961 g/mol. The van der Waals surface area contributed by atoms with Gasteiger partial charge in [0.05, 0.1) is 18.6 Å². The van der Waals surface area contributed by atoms with E-state index in [1.807, 2.05) is 0 Å². The number of ether oxygens (including phenoxy) is 2. The average Bonchev–Trinajstić information content (AvgIpc) is 3.81. The monoisotopic (exact) mass is 961 g/mol. The molecule has 2 aliphatic rings. The molecule has 2 unspecified atom stereocenters. The van der Waals surface area contributed by atoms with Gasteiger partial charge in [0.2, 0.25) is 0 Å². The Morgan fingerprint density at radius 1 is 0.361 bits per heavy atom. The lowest BCUT2D eigenvalue weighted by Crippen LogP contribution is -2.26. The van der Waals surface area contributed by atoms with Crippen molar-refractivity contribution in [3.05, 3.63) is 164 Å². The van der Waals surface area contributed by atoms with Crippen LogP contribution in [0.4, 0.5) is 0 Å². The molecule has 2 atom stereocenters. The van der Waals surface area contributed by atoms with Crippen LogP contribution >= 0.6 is 0 Å². The summed E-state index contributed by atoms with van der Waals surface area (Å²) in [6.07, 6.45) is 21.1. The SMILES string of the molecule is CCC(C)COc1cc2c(cc1OCC(C)CC)C1(c3cc(C)ccc3-c3ccc(C)cc31)c1cc(C)ccc1-2.CCCCCCCCc1c(CCCCCCCC)c2cc(C)ccc2c2ccc(C)cc12. The predicted octanol–water partition coefficient (Wildman–Crippen LogP) is 20.2. The van der Waals surface area contributed by atoms with Gasteiger partial charge in [0, 0.05) is 0 Å². The number of hydrogen-bond acceptors (Lipinski definition) is 2. The molecule has 0 N–H and O–H groups in total. The minimum absolute atomic E-state index is 0.386. The van der Waals surface area contributed by atoms with Crippen molar-refractivity contribution >= 4 is 21.5 Å². The van der Waals surface area contributed by atoms with E-state index >= 15 is 0 Å². The van der Waals surface area contributed by atoms with Crippen molar-refractivity contribution in [1.82, 2.24) is 0 Å². The summed E-state index contributed by atoms with van der Waals surface area (Å²) < 4.78 is 13.1. The van der Waals surface area contributed by atoms with Crippen LogP contribution in [0.5, 0.6) is 11.5 Å². The van der Waals surface area contributed by atoms with Gasteiger partial charge in [-0.3, -0.25) is 0 Å². The van der Waals surface area contributed by atoms with Crippen molar-refractivity contribution in [1.29, 1.82) is 0 Å². The van der Waals surface area contributed by atoms with E-state index in [1.165, 1.54) is 184 Å². The van der Waals surface area contributed by atoms with Crippen LogP contribution < -0.4 is 9.47 Å². The lowest BCUT2D eigenvalue weighted by atomic mass is 9.70. The Labute approximate surface area is 436 Å². The van der Waals surface area contributed by atoms with E-state index in [1.54, 1.807) is 11.1 Å². The molecule has 2 heteroatoms. The van der Waals surface area contributed by atoms with Crippen LogP contribution in [0.2, 0.25) is 0 Å². The summed E-state index contributed by atoms with van der Waals surface area (Å²) >= 11 is 0. The van der Waals surface area contributed by atoms with Crippen LogP contribution in [-0.4, -0.2) is 13.2 Å². The highest BCUT2D eigenvalue weighted by atomic mass is 16.5. The molecule has 0 saturated carbocycles. The molecule has 0 aliphatic heterocycles. The molecular formula is C70H88O2. The van der Waals surface area contributed by atoms with E-state index in [0.29, 0.717) is 25.0 Å². The summed E-state index contributed by atoms with van der Waals surface area (Å²) in [5, 5.41) is 5.96. The van der Waals surface area contributed by atoms with Gasteiger partial charge < -0.3 is 9.47 Å². The third-order valence-corrected chi connectivity index (χ3v) is 16.5. The first kappa shape index (κ1) is 53.0. The van der Waals surface area contributed by atoms with E-state index < -0.39 is 0 Å². The van der Waals surface area contributed by atoms with Gasteiger partial charge in [-0.1, -0.05) is 237 Å². The second-order valence-corrected chi connectivity index (χ2v) is 22.5. The fourth-order valence-corrected chi connectivity index (χ4v) is 11.8. The van der Waals surface area contributed by atoms with Gasteiger partial charge in [-0.15, -0.1) is 0 Å². The first-order valence-corrected chi connectivity index (χ1v) is 28.7. The van der Waals surface area contributed by atoms with Crippen molar-refractivity contribution < 1.29 is 9.47 Å². The zero-order valence-corrected chi connectivity index (χ0v) is 46.5. The lowest BCUT2D eigenvalue weighted by Gasteiger charge is -2.31. The molecule has 0 amide bonds. The Kier molecular flexibility index (Phi) is 17.8. The molecule has 380 valence electrons. The van der Waals surface area contributed by atoms with Crippen molar-refractivity contribution in [2.75, 3.05) is 13.2 Å². The minimum atomic E-state index is -0.386. The van der Waals surface area contributed by atoms with Crippen LogP contribution in [0.1, 0.15) is 193 Å². The zero-order valence-electron chi connectivity index (χ0n) is 46.5. The van der Waals surface area contributed by atoms with Gasteiger partial charge in [-0.2, -0.15) is 0 Å². The van der Waals surface area contributed by atoms with Crippen molar-refractivity contribution in [2.45, 2.75) is 184 Å². The van der Waals surface area contributed by atoms with E-state index in [-0.39, 0.29) is 5.41 Å². The Bertz CT molecular complexity index is 2830. The summed E-state index contributed by atoms with van der Waals surface area (Å²) in [6.45, 7) is 26.1. The summed E-state index contributed by atoms with van der Waals surface area (Å²) in [7, 11) is 0. The molecule has 7 aromatic carbocycles. The smallest absolute Gasteiger partial charge is 0.161 e. The van der Waals surface area contributed by atoms with Gasteiger partial charge in [-0.05, 0) is 161 Å². The molecule has 7 aromatic rings. The van der Waals surface area contributed by atoms with Crippen LogP contribution in [0.3, 0.4) is 0 Å². The summed E-state index contributed by atoms with van der Waals surface area (Å²) in [5.74, 6) is 2.68. The second-order valence-electron chi connectivity index (χ2n) is 22.5. The number of aryl methyl sites for hydroxylation is 7. The van der Waals surface area contributed by atoms with Crippen molar-refractivity contribution in [3.8, 4) is 33.8 Å². The molecule has 0 aromatic heterocycles. The molecule has 1 spiro atoms. The molecular weight excluding hydrogens is 873 g/mol. The number of rotatable bonds is 22. The Morgan fingerprint density at radius 2 is 0.708 bits per heavy atom. The molecule has 2 aliphatic carbocycles. The lowest BCUT2D eigenvalue weighted by molar-refractivity contribution is 0.217. The molecule has 0 radical (unpaired) electrons. The fourth-order valence-electron chi connectivity index (χ4n) is 11.8. The van der Waals surface area contributed by atoms with Crippen molar-refractivity contribution in [2.24, 2.45) is 11.8 Å². The van der Waals surface area contributed by atoms with E-state index in [4.69, 9.17) is 9.47 Å². The summed E-state index contributed by atoms with van der Waals surface area (Å²) in [4.78, 5) is 0. The Morgan fingerprint density at radius 3 is 1.12 bits per heavy atom. The normalized spacial score (nSPS) is 13.7. The molecule has 72 heavy (non-hydrogen) atoms. The molecule has 0 fully saturated rings. The maximum Gasteiger partial charge on any atom is 0.161 e. The topological polar surface area (TPSA) is 18.5 Å². The number of fused-ring (bicyclic) bond motifs is 13. The fraction of sp³-hybridized carbons (Fsp3) is 0.457. The first-order valence-electron chi connectivity index (χ1n) is 28.7. The van der Waals surface area contributed by atoms with E-state index in [0.717, 1.165) is 24.3 Å². The molecule has 0 heterocycles. The van der Waals surface area contributed by atoms with Gasteiger partial charge in [0.25, 0.3) is 0 Å². The summed E-state index contributed by atoms with van der Waals surface area (Å²) in [5.41, 5.74) is 20.2. The van der Waals surface area contributed by atoms with Gasteiger partial charge >= 0.3 is 0 Å². The predicted molar refractivity (Wildman–Crippen MR) is 312 cm³/mol. The molecule has 0 bridgehead atoms. The Balaban J connectivity index is 0.000000198. The van der Waals surface area contributed by atoms with E-state index in [9.17, 15) is 0 Å². The number of unbranched alkanes of at least 4 members (excludes halogenated alkanes) is 10. The highest BCUT2D eigenvalue weighted by molar-refractivity contribution is 6.11. The standard InChI is InChI=1S/C38H42O2.C32H46/c1-8-23(3)21-39-36-19-31-30-15-12-27(7)18-34(30)38(35(31)20-37(36)40-22-24(4)9-2)32-16-25(5)10-13-28(32)29-14-11-26(6)17-33(29)38;1-5-7-9-11-13-15-17-27-28(18-16-14-12-10-8-6-2)32-24-26(4)20-22-30(32)29-21-19-25(3)23-31(27)29/h10-20,23-24H,8-9,21-22H2,1-7H3;19-24H,5-18H2,1-4H3. The second kappa shape index (κ2) is 24.1. The third kappa shape index (κ3) is 11.1. The molecule has 9 rings (SSSR count). The van der Waals surface area contributed by atoms with Crippen LogP contribution in [0, 0.1) is 46.5 Å². The third-order valence-electron chi connectivity index (χ3n) is 16.5. The highest BCUT2D eigenvalue weighted by Crippen LogP contribution is 2.64. The molecule has 0 saturated heterocycles. The van der Waals surface area contributed by atoms with Gasteiger partial charge in [0.15, 0.2) is 11.5 Å². The van der Waals surface area contributed by atoms with Gasteiger partial charge in [-0.25, -0.2) is 0 Å². The maximum atomic E-state index is 6.60. The largest absolute Gasteiger partial charge is 0.489 e. The first-order chi connectivity index (χ1) is 34.9. The zero-order chi connectivity index (χ0) is 50.9. The molecule has 2 nitrogen and oxygen atoms in total. The van der Waals surface area contributed by atoms with Crippen LogP contribution in [0.25, 0.3) is 43.8 Å². The van der Waals surface area contributed by atoms with Crippen molar-refractivity contribution in [3.63, 3.8) is 0 Å².